The van der Waals surface area contributed by atoms with Crippen molar-refractivity contribution in [2.24, 2.45) is 0 Å². The Hall–Kier alpha value is -2.21. The quantitative estimate of drug-likeness (QED) is 0.855. The van der Waals surface area contributed by atoms with E-state index in [1.54, 1.807) is 24.3 Å². The Bertz CT molecular complexity index is 692. The van der Waals surface area contributed by atoms with E-state index >= 15 is 0 Å². The van der Waals surface area contributed by atoms with E-state index in [0.29, 0.717) is 10.8 Å². The Kier molecular flexibility index (Phi) is 4.92. The molecular formula is C15H11ClF3NO2. The number of anilines is 1. The van der Waals surface area contributed by atoms with Crippen molar-refractivity contribution < 1.29 is 22.7 Å². The third-order valence-electron chi connectivity index (χ3n) is 2.79. The van der Waals surface area contributed by atoms with E-state index in [4.69, 9.17) is 16.3 Å². The molecule has 2 aromatic rings. The summed E-state index contributed by atoms with van der Waals surface area (Å²) in [4.78, 5) is 11.9. The van der Waals surface area contributed by atoms with Crippen molar-refractivity contribution in [3.8, 4) is 5.75 Å². The van der Waals surface area contributed by atoms with Crippen LogP contribution in [0.1, 0.15) is 6.92 Å². The standard InChI is InChI=1S/C15H11ClF3NO2/c1-8(22-10-4-2-9(16)3-5-10)15(21)20-12-7-6-11(17)13(18)14(12)19/h2-8H,1H3,(H,20,21)/t8-/m0/s1. The molecule has 1 N–H and O–H groups in total. The molecule has 0 aliphatic rings. The van der Waals surface area contributed by atoms with Gasteiger partial charge >= 0.3 is 0 Å². The number of hydrogen-bond acceptors (Lipinski definition) is 2. The van der Waals surface area contributed by atoms with Gasteiger partial charge in [-0.3, -0.25) is 4.79 Å². The Morgan fingerprint density at radius 3 is 2.36 bits per heavy atom. The largest absolute Gasteiger partial charge is 0.481 e. The van der Waals surface area contributed by atoms with Crippen LogP contribution < -0.4 is 10.1 Å². The minimum Gasteiger partial charge on any atom is -0.481 e. The molecule has 0 heterocycles. The molecule has 0 unspecified atom stereocenters. The van der Waals surface area contributed by atoms with Crippen LogP contribution in [-0.2, 0) is 4.79 Å². The van der Waals surface area contributed by atoms with Crippen molar-refractivity contribution >= 4 is 23.2 Å². The lowest BCUT2D eigenvalue weighted by molar-refractivity contribution is -0.122. The molecule has 0 bridgehead atoms. The molecule has 0 saturated heterocycles. The summed E-state index contributed by atoms with van der Waals surface area (Å²) in [5.41, 5.74) is -0.463. The predicted molar refractivity (Wildman–Crippen MR) is 76.5 cm³/mol. The summed E-state index contributed by atoms with van der Waals surface area (Å²) >= 11 is 5.72. The smallest absolute Gasteiger partial charge is 0.265 e. The fourth-order valence-electron chi connectivity index (χ4n) is 1.63. The van der Waals surface area contributed by atoms with Gasteiger partial charge in [0.15, 0.2) is 23.6 Å². The van der Waals surface area contributed by atoms with Gasteiger partial charge in [0.1, 0.15) is 5.75 Å². The minimum absolute atomic E-state index is 0.387. The van der Waals surface area contributed by atoms with Gasteiger partial charge in [-0.1, -0.05) is 11.6 Å². The summed E-state index contributed by atoms with van der Waals surface area (Å²) in [5.74, 6) is -4.77. The van der Waals surface area contributed by atoms with E-state index in [1.165, 1.54) is 6.92 Å². The summed E-state index contributed by atoms with van der Waals surface area (Å²) in [6, 6.07) is 7.93. The minimum atomic E-state index is -1.65. The summed E-state index contributed by atoms with van der Waals surface area (Å²) in [6.45, 7) is 1.43. The molecule has 2 aromatic carbocycles. The Morgan fingerprint density at radius 2 is 1.73 bits per heavy atom. The molecular weight excluding hydrogens is 319 g/mol. The van der Waals surface area contributed by atoms with Crippen LogP contribution in [0.4, 0.5) is 18.9 Å². The number of nitrogens with one attached hydrogen (secondary N) is 1. The van der Waals surface area contributed by atoms with Crippen molar-refractivity contribution in [2.75, 3.05) is 5.32 Å². The van der Waals surface area contributed by atoms with Gasteiger partial charge in [0.05, 0.1) is 5.69 Å². The number of rotatable bonds is 4. The van der Waals surface area contributed by atoms with E-state index in [2.05, 4.69) is 5.32 Å². The second kappa shape index (κ2) is 6.70. The molecule has 1 amide bonds. The van der Waals surface area contributed by atoms with Crippen LogP contribution in [0.3, 0.4) is 0 Å². The van der Waals surface area contributed by atoms with E-state index in [1.807, 2.05) is 0 Å². The van der Waals surface area contributed by atoms with Crippen LogP contribution in [0.2, 0.25) is 5.02 Å². The molecule has 0 saturated carbocycles. The SMILES string of the molecule is C[C@H](Oc1ccc(Cl)cc1)C(=O)Nc1ccc(F)c(F)c1F. The van der Waals surface area contributed by atoms with Crippen LogP contribution in [0.15, 0.2) is 36.4 Å². The zero-order valence-corrected chi connectivity index (χ0v) is 12.1. The lowest BCUT2D eigenvalue weighted by Gasteiger charge is -2.15. The van der Waals surface area contributed by atoms with Crippen LogP contribution in [0.5, 0.6) is 5.75 Å². The summed E-state index contributed by atoms with van der Waals surface area (Å²) in [5, 5.41) is 2.65. The zero-order valence-electron chi connectivity index (χ0n) is 11.4. The van der Waals surface area contributed by atoms with Crippen molar-refractivity contribution in [3.63, 3.8) is 0 Å². The average molecular weight is 330 g/mol. The van der Waals surface area contributed by atoms with Gasteiger partial charge in [-0.05, 0) is 43.3 Å². The Morgan fingerprint density at radius 1 is 1.09 bits per heavy atom. The first-order valence-corrected chi connectivity index (χ1v) is 6.63. The van der Waals surface area contributed by atoms with E-state index < -0.39 is 35.2 Å². The van der Waals surface area contributed by atoms with Crippen LogP contribution >= 0.6 is 11.6 Å². The Labute approximate surface area is 129 Å². The fraction of sp³-hybridized carbons (Fsp3) is 0.133. The molecule has 0 aliphatic carbocycles. The second-order valence-electron chi connectivity index (χ2n) is 4.43. The second-order valence-corrected chi connectivity index (χ2v) is 4.86. The number of carbonyl (C=O) groups excluding carboxylic acids is 1. The van der Waals surface area contributed by atoms with Crippen molar-refractivity contribution in [1.29, 1.82) is 0 Å². The third kappa shape index (κ3) is 3.71. The molecule has 116 valence electrons. The molecule has 0 spiro atoms. The number of benzene rings is 2. The van der Waals surface area contributed by atoms with E-state index in [-0.39, 0.29) is 0 Å². The molecule has 0 aromatic heterocycles. The maximum atomic E-state index is 13.5. The highest BCUT2D eigenvalue weighted by molar-refractivity contribution is 6.30. The highest BCUT2D eigenvalue weighted by Crippen LogP contribution is 2.21. The van der Waals surface area contributed by atoms with Crippen LogP contribution in [0, 0.1) is 17.5 Å². The molecule has 7 heteroatoms. The normalized spacial score (nSPS) is 11.9. The van der Waals surface area contributed by atoms with Gasteiger partial charge in [0, 0.05) is 5.02 Å². The number of hydrogen-bond donors (Lipinski definition) is 1. The van der Waals surface area contributed by atoms with Crippen molar-refractivity contribution in [2.45, 2.75) is 13.0 Å². The highest BCUT2D eigenvalue weighted by atomic mass is 35.5. The summed E-state index contributed by atoms with van der Waals surface area (Å²) < 4.78 is 44.7. The molecule has 2 rings (SSSR count). The third-order valence-corrected chi connectivity index (χ3v) is 3.04. The average Bonchev–Trinajstić information content (AvgIpc) is 2.50. The summed E-state index contributed by atoms with van der Waals surface area (Å²) in [6.07, 6.45) is -0.978. The maximum Gasteiger partial charge on any atom is 0.265 e. The van der Waals surface area contributed by atoms with Gasteiger partial charge < -0.3 is 10.1 Å². The molecule has 0 aliphatic heterocycles. The molecule has 3 nitrogen and oxygen atoms in total. The first-order chi connectivity index (χ1) is 10.4. The number of halogens is 4. The van der Waals surface area contributed by atoms with Crippen molar-refractivity contribution in [1.82, 2.24) is 0 Å². The van der Waals surface area contributed by atoms with Crippen molar-refractivity contribution in [3.05, 3.63) is 58.9 Å². The molecule has 0 fully saturated rings. The van der Waals surface area contributed by atoms with Crippen LogP contribution in [-0.4, -0.2) is 12.0 Å². The number of amides is 1. The van der Waals surface area contributed by atoms with Gasteiger partial charge in [-0.25, -0.2) is 13.2 Å². The lowest BCUT2D eigenvalue weighted by atomic mass is 10.2. The summed E-state index contributed by atoms with van der Waals surface area (Å²) in [7, 11) is 0. The zero-order chi connectivity index (χ0) is 16.3. The number of carbonyl (C=O) groups is 1. The Balaban J connectivity index is 2.05. The van der Waals surface area contributed by atoms with Gasteiger partial charge in [-0.15, -0.1) is 0 Å². The molecule has 0 radical (unpaired) electrons. The lowest BCUT2D eigenvalue weighted by Crippen LogP contribution is -2.30. The number of ether oxygens (including phenoxy) is 1. The maximum absolute atomic E-state index is 13.5. The fourth-order valence-corrected chi connectivity index (χ4v) is 1.75. The highest BCUT2D eigenvalue weighted by Gasteiger charge is 2.19. The van der Waals surface area contributed by atoms with E-state index in [0.717, 1.165) is 12.1 Å². The molecule has 22 heavy (non-hydrogen) atoms. The predicted octanol–water partition coefficient (Wildman–Crippen LogP) is 4.16. The van der Waals surface area contributed by atoms with E-state index in [9.17, 15) is 18.0 Å². The van der Waals surface area contributed by atoms with Gasteiger partial charge in [-0.2, -0.15) is 0 Å². The van der Waals surface area contributed by atoms with Crippen LogP contribution in [0.25, 0.3) is 0 Å². The first kappa shape index (κ1) is 16.2. The monoisotopic (exact) mass is 329 g/mol. The van der Waals surface area contributed by atoms with Gasteiger partial charge in [0.2, 0.25) is 0 Å². The topological polar surface area (TPSA) is 38.3 Å². The van der Waals surface area contributed by atoms with Gasteiger partial charge in [0.25, 0.3) is 5.91 Å². The molecule has 1 atom stereocenters. The first-order valence-electron chi connectivity index (χ1n) is 6.25.